The lowest BCUT2D eigenvalue weighted by molar-refractivity contribution is -0.166. The third-order valence-corrected chi connectivity index (χ3v) is 5.44. The molecule has 6 heteroatoms. The monoisotopic (exact) mass is 464 g/mol. The molecule has 1 unspecified atom stereocenters. The summed E-state index contributed by atoms with van der Waals surface area (Å²) in [5.41, 5.74) is 0.454. The Morgan fingerprint density at radius 1 is 0.879 bits per heavy atom. The van der Waals surface area contributed by atoms with Crippen LogP contribution in [0.15, 0.2) is 42.5 Å². The van der Waals surface area contributed by atoms with Crippen molar-refractivity contribution >= 4 is 5.97 Å². The van der Waals surface area contributed by atoms with E-state index in [9.17, 15) is 4.79 Å². The zero-order valence-corrected chi connectivity index (χ0v) is 20.7. The number of hydrogen-bond donors (Lipinski definition) is 1. The van der Waals surface area contributed by atoms with Crippen LogP contribution >= 0.6 is 0 Å². The minimum absolute atomic E-state index is 0.00627. The summed E-state index contributed by atoms with van der Waals surface area (Å²) in [6, 6.07) is 9.85. The lowest BCUT2D eigenvalue weighted by Crippen LogP contribution is -2.38. The molecule has 0 spiro atoms. The third-order valence-electron chi connectivity index (χ3n) is 5.44. The van der Waals surface area contributed by atoms with Gasteiger partial charge in [0, 0.05) is 5.57 Å². The topological polar surface area (TPSA) is 74.2 Å². The molecule has 188 valence electrons. The van der Waals surface area contributed by atoms with E-state index in [4.69, 9.17) is 24.1 Å². The van der Waals surface area contributed by atoms with Gasteiger partial charge in [-0.05, 0) is 25.3 Å². The molecule has 0 heterocycles. The van der Waals surface area contributed by atoms with Crippen molar-refractivity contribution in [3.63, 3.8) is 0 Å². The van der Waals surface area contributed by atoms with Crippen LogP contribution < -0.4 is 0 Å². The summed E-state index contributed by atoms with van der Waals surface area (Å²) in [4.78, 5) is 12.6. The first-order valence-electron chi connectivity index (χ1n) is 12.3. The average molecular weight is 465 g/mol. The van der Waals surface area contributed by atoms with E-state index in [1.54, 1.807) is 6.92 Å². The van der Waals surface area contributed by atoms with Crippen molar-refractivity contribution in [1.82, 2.24) is 0 Å². The number of carbonyl (C=O) groups excluding carboxylic acids is 1. The van der Waals surface area contributed by atoms with Crippen molar-refractivity contribution in [2.45, 2.75) is 70.8 Å². The molecular weight excluding hydrogens is 420 g/mol. The van der Waals surface area contributed by atoms with Crippen molar-refractivity contribution in [2.24, 2.45) is 0 Å². The molecule has 0 saturated carbocycles. The standard InChI is InChI=1S/C27H44O6/c1-4-5-6-7-8-9-13-16-27(33-26(29)24(2)3,25-14-11-10-12-15-25)23-32-22-21-31-20-19-30-18-17-28/h10-12,14-15,28H,2,4-9,13,16-23H2,1,3H3. The number of hydrogen-bond acceptors (Lipinski definition) is 6. The molecule has 1 aromatic carbocycles. The smallest absolute Gasteiger partial charge is 0.334 e. The summed E-state index contributed by atoms with van der Waals surface area (Å²) in [6.45, 7) is 9.90. The normalized spacial score (nSPS) is 12.9. The quantitative estimate of drug-likeness (QED) is 0.153. The van der Waals surface area contributed by atoms with Gasteiger partial charge < -0.3 is 24.1 Å². The van der Waals surface area contributed by atoms with Crippen LogP contribution in [0.3, 0.4) is 0 Å². The Morgan fingerprint density at radius 3 is 2.06 bits per heavy atom. The van der Waals surface area contributed by atoms with Gasteiger partial charge in [0.2, 0.25) is 0 Å². The largest absolute Gasteiger partial charge is 0.448 e. The molecule has 0 aromatic heterocycles. The van der Waals surface area contributed by atoms with E-state index in [1.165, 1.54) is 32.1 Å². The van der Waals surface area contributed by atoms with Crippen LogP contribution in [-0.4, -0.2) is 57.3 Å². The van der Waals surface area contributed by atoms with Gasteiger partial charge in [-0.25, -0.2) is 4.79 Å². The number of ether oxygens (including phenoxy) is 4. The van der Waals surface area contributed by atoms with Crippen molar-refractivity contribution in [3.05, 3.63) is 48.0 Å². The maximum absolute atomic E-state index is 12.6. The van der Waals surface area contributed by atoms with Crippen LogP contribution in [0.5, 0.6) is 0 Å². The van der Waals surface area contributed by atoms with E-state index in [1.807, 2.05) is 30.3 Å². The molecule has 1 aromatic rings. The summed E-state index contributed by atoms with van der Waals surface area (Å²) in [5.74, 6) is -0.400. The molecule has 1 N–H and O–H groups in total. The Labute approximate surface area is 200 Å². The van der Waals surface area contributed by atoms with Gasteiger partial charge in [0.25, 0.3) is 0 Å². The maximum atomic E-state index is 12.6. The van der Waals surface area contributed by atoms with Gasteiger partial charge in [-0.2, -0.15) is 0 Å². The lowest BCUT2D eigenvalue weighted by atomic mass is 9.88. The number of rotatable bonds is 21. The minimum Gasteiger partial charge on any atom is -0.448 e. The predicted octanol–water partition coefficient (Wildman–Crippen LogP) is 5.18. The molecule has 0 saturated heterocycles. The Kier molecular flexibility index (Phi) is 16.6. The van der Waals surface area contributed by atoms with Gasteiger partial charge in [-0.1, -0.05) is 82.4 Å². The highest BCUT2D eigenvalue weighted by atomic mass is 16.6. The minimum atomic E-state index is -0.856. The van der Waals surface area contributed by atoms with Gasteiger partial charge in [0.05, 0.1) is 46.2 Å². The van der Waals surface area contributed by atoms with Crippen molar-refractivity contribution in [1.29, 1.82) is 0 Å². The van der Waals surface area contributed by atoms with Gasteiger partial charge in [-0.3, -0.25) is 0 Å². The van der Waals surface area contributed by atoms with Gasteiger partial charge in [-0.15, -0.1) is 0 Å². The highest BCUT2D eigenvalue weighted by Crippen LogP contribution is 2.33. The van der Waals surface area contributed by atoms with Gasteiger partial charge in [0.15, 0.2) is 5.60 Å². The molecule has 33 heavy (non-hydrogen) atoms. The van der Waals surface area contributed by atoms with Crippen molar-refractivity contribution in [2.75, 3.05) is 46.2 Å². The SMILES string of the molecule is C=C(C)C(=O)OC(CCCCCCCCC)(COCCOCCOCCO)c1ccccc1. The lowest BCUT2D eigenvalue weighted by Gasteiger charge is -2.34. The molecule has 0 radical (unpaired) electrons. The maximum Gasteiger partial charge on any atom is 0.334 e. The van der Waals surface area contributed by atoms with Crippen LogP contribution in [0.1, 0.15) is 70.8 Å². The van der Waals surface area contributed by atoms with Crippen LogP contribution in [0.25, 0.3) is 0 Å². The van der Waals surface area contributed by atoms with E-state index in [0.717, 1.165) is 18.4 Å². The predicted molar refractivity (Wildman–Crippen MR) is 131 cm³/mol. The zero-order chi connectivity index (χ0) is 24.2. The van der Waals surface area contributed by atoms with E-state index in [-0.39, 0.29) is 13.2 Å². The Morgan fingerprint density at radius 2 is 1.45 bits per heavy atom. The fourth-order valence-electron chi connectivity index (χ4n) is 3.55. The summed E-state index contributed by atoms with van der Waals surface area (Å²) in [5, 5.41) is 8.70. The summed E-state index contributed by atoms with van der Waals surface area (Å²) < 4.78 is 22.7. The zero-order valence-electron chi connectivity index (χ0n) is 20.7. The molecule has 0 aliphatic rings. The fraction of sp³-hybridized carbons (Fsp3) is 0.667. The van der Waals surface area contributed by atoms with E-state index in [0.29, 0.717) is 45.0 Å². The molecule has 0 aliphatic heterocycles. The van der Waals surface area contributed by atoms with Crippen LogP contribution in [0.2, 0.25) is 0 Å². The second-order valence-electron chi connectivity index (χ2n) is 8.40. The summed E-state index contributed by atoms with van der Waals surface area (Å²) in [7, 11) is 0. The molecule has 0 bridgehead atoms. The number of carbonyl (C=O) groups is 1. The molecule has 0 fully saturated rings. The molecular formula is C27H44O6. The van der Waals surface area contributed by atoms with E-state index >= 15 is 0 Å². The third kappa shape index (κ3) is 12.9. The average Bonchev–Trinajstić information content (AvgIpc) is 2.82. The highest BCUT2D eigenvalue weighted by molar-refractivity contribution is 5.87. The van der Waals surface area contributed by atoms with Crippen molar-refractivity contribution < 1.29 is 28.8 Å². The number of aliphatic hydroxyl groups is 1. The van der Waals surface area contributed by atoms with Crippen molar-refractivity contribution in [3.8, 4) is 0 Å². The molecule has 1 rings (SSSR count). The number of benzene rings is 1. The fourth-order valence-corrected chi connectivity index (χ4v) is 3.55. The first-order valence-corrected chi connectivity index (χ1v) is 12.3. The molecule has 0 amide bonds. The van der Waals surface area contributed by atoms with Crippen LogP contribution in [0.4, 0.5) is 0 Å². The highest BCUT2D eigenvalue weighted by Gasteiger charge is 2.36. The molecule has 0 aliphatic carbocycles. The second kappa shape index (κ2) is 18.7. The first kappa shape index (κ1) is 29.3. The van der Waals surface area contributed by atoms with Crippen LogP contribution in [0, 0.1) is 0 Å². The Balaban J connectivity index is 2.71. The molecule has 6 nitrogen and oxygen atoms in total. The van der Waals surface area contributed by atoms with Gasteiger partial charge in [0.1, 0.15) is 0 Å². The Bertz CT molecular complexity index is 633. The summed E-state index contributed by atoms with van der Waals surface area (Å²) >= 11 is 0. The number of unbranched alkanes of at least 4 members (excludes halogenated alkanes) is 6. The van der Waals surface area contributed by atoms with E-state index < -0.39 is 11.6 Å². The molecule has 1 atom stereocenters. The second-order valence-corrected chi connectivity index (χ2v) is 8.40. The van der Waals surface area contributed by atoms with Gasteiger partial charge >= 0.3 is 5.97 Å². The Hall–Kier alpha value is -1.73. The number of aliphatic hydroxyl groups excluding tert-OH is 1. The number of esters is 1. The van der Waals surface area contributed by atoms with E-state index in [2.05, 4.69) is 13.5 Å². The first-order chi connectivity index (χ1) is 16.1. The van der Waals surface area contributed by atoms with Crippen LogP contribution in [-0.2, 0) is 29.3 Å². The summed E-state index contributed by atoms with van der Waals surface area (Å²) in [6.07, 6.45) is 8.98.